The topological polar surface area (TPSA) is 65.8 Å². The molecule has 1 N–H and O–H groups in total. The van der Waals surface area contributed by atoms with Crippen molar-refractivity contribution in [1.82, 2.24) is 4.98 Å². The summed E-state index contributed by atoms with van der Waals surface area (Å²) in [6, 6.07) is 9.91. The third-order valence-electron chi connectivity index (χ3n) is 5.54. The normalized spacial score (nSPS) is 23.7. The first-order valence-corrected chi connectivity index (χ1v) is 9.78. The van der Waals surface area contributed by atoms with Gasteiger partial charge in [-0.3, -0.25) is 4.79 Å². The number of anilines is 1. The van der Waals surface area contributed by atoms with Crippen LogP contribution in [0.15, 0.2) is 41.0 Å². The van der Waals surface area contributed by atoms with Crippen molar-refractivity contribution < 1.29 is 4.79 Å². The Morgan fingerprint density at radius 3 is 2.88 bits per heavy atom. The number of ketones is 1. The first kappa shape index (κ1) is 17.0. The van der Waals surface area contributed by atoms with Crippen molar-refractivity contribution in [2.24, 2.45) is 5.41 Å². The standard InChI is InChI=1S/C21H21N3OS/c1-4-21(14-7-5-6-13(8-14)11-22)17-15(9-20(2,3)10-16(17)25)24-19-18(21)26-12-23-19/h5-8,12,24H,4,9-10H2,1-3H3. The molecule has 2 heterocycles. The van der Waals surface area contributed by atoms with Crippen molar-refractivity contribution >= 4 is 22.9 Å². The molecular weight excluding hydrogens is 342 g/mol. The van der Waals surface area contributed by atoms with Gasteiger partial charge in [0.25, 0.3) is 0 Å². The number of hydrogen-bond donors (Lipinski definition) is 1. The van der Waals surface area contributed by atoms with Gasteiger partial charge in [0, 0.05) is 17.7 Å². The fourth-order valence-corrected chi connectivity index (χ4v) is 5.53. The van der Waals surface area contributed by atoms with Crippen molar-refractivity contribution in [1.29, 1.82) is 5.26 Å². The zero-order valence-electron chi connectivity index (χ0n) is 15.2. The summed E-state index contributed by atoms with van der Waals surface area (Å²) in [7, 11) is 0. The molecule has 1 atom stereocenters. The maximum absolute atomic E-state index is 13.3. The number of allylic oxidation sites excluding steroid dienone is 2. The number of hydrogen-bond acceptors (Lipinski definition) is 5. The summed E-state index contributed by atoms with van der Waals surface area (Å²) in [6.45, 7) is 6.39. The van der Waals surface area contributed by atoms with E-state index in [-0.39, 0.29) is 11.2 Å². The molecule has 4 nitrogen and oxygen atoms in total. The Morgan fingerprint density at radius 1 is 1.35 bits per heavy atom. The minimum Gasteiger partial charge on any atom is -0.342 e. The lowest BCUT2D eigenvalue weighted by atomic mass is 9.62. The fraction of sp³-hybridized carbons (Fsp3) is 0.381. The molecule has 132 valence electrons. The average Bonchev–Trinajstić information content (AvgIpc) is 3.07. The van der Waals surface area contributed by atoms with Gasteiger partial charge in [-0.25, -0.2) is 4.98 Å². The van der Waals surface area contributed by atoms with Gasteiger partial charge in [-0.05, 0) is 36.0 Å². The minimum atomic E-state index is -0.530. The van der Waals surface area contributed by atoms with Crippen LogP contribution in [-0.2, 0) is 10.2 Å². The first-order valence-electron chi connectivity index (χ1n) is 8.90. The highest BCUT2D eigenvalue weighted by atomic mass is 32.1. The summed E-state index contributed by atoms with van der Waals surface area (Å²) in [4.78, 5) is 18.9. The summed E-state index contributed by atoms with van der Waals surface area (Å²) in [6.07, 6.45) is 2.12. The molecule has 0 radical (unpaired) electrons. The first-order chi connectivity index (χ1) is 12.4. The Labute approximate surface area is 157 Å². The van der Waals surface area contributed by atoms with Crippen LogP contribution in [-0.4, -0.2) is 10.8 Å². The van der Waals surface area contributed by atoms with Gasteiger partial charge in [-0.2, -0.15) is 5.26 Å². The fourth-order valence-electron chi connectivity index (χ4n) is 4.49. The smallest absolute Gasteiger partial charge is 0.162 e. The van der Waals surface area contributed by atoms with Crippen LogP contribution in [0.3, 0.4) is 0 Å². The molecule has 2 aliphatic rings. The van der Waals surface area contributed by atoms with Gasteiger partial charge in [-0.1, -0.05) is 32.9 Å². The van der Waals surface area contributed by atoms with Gasteiger partial charge >= 0.3 is 0 Å². The van der Waals surface area contributed by atoms with E-state index in [1.165, 1.54) is 0 Å². The van der Waals surface area contributed by atoms with E-state index in [1.54, 1.807) is 11.3 Å². The van der Waals surface area contributed by atoms with E-state index in [0.29, 0.717) is 12.0 Å². The number of benzene rings is 1. The number of nitriles is 1. The largest absolute Gasteiger partial charge is 0.342 e. The van der Waals surface area contributed by atoms with Gasteiger partial charge in [0.1, 0.15) is 5.82 Å². The second-order valence-corrected chi connectivity index (χ2v) is 8.76. The van der Waals surface area contributed by atoms with Crippen molar-refractivity contribution in [3.05, 3.63) is 57.1 Å². The van der Waals surface area contributed by atoms with E-state index in [1.807, 2.05) is 29.8 Å². The zero-order chi connectivity index (χ0) is 18.5. The number of nitrogens with zero attached hydrogens (tertiary/aromatic N) is 2. The van der Waals surface area contributed by atoms with Crippen LogP contribution in [0.1, 0.15) is 56.0 Å². The Balaban J connectivity index is 2.04. The molecule has 2 aromatic rings. The van der Waals surface area contributed by atoms with Crippen LogP contribution >= 0.6 is 11.3 Å². The van der Waals surface area contributed by atoms with Gasteiger partial charge < -0.3 is 5.32 Å². The summed E-state index contributed by atoms with van der Waals surface area (Å²) >= 11 is 1.58. The van der Waals surface area contributed by atoms with Crippen LogP contribution in [0.4, 0.5) is 5.82 Å². The molecule has 0 saturated carbocycles. The van der Waals surface area contributed by atoms with Crippen molar-refractivity contribution in [3.63, 3.8) is 0 Å². The van der Waals surface area contributed by atoms with E-state index >= 15 is 0 Å². The van der Waals surface area contributed by atoms with Gasteiger partial charge in [0.15, 0.2) is 5.78 Å². The molecule has 4 rings (SSSR count). The summed E-state index contributed by atoms with van der Waals surface area (Å²) in [5.41, 5.74) is 4.73. The lowest BCUT2D eigenvalue weighted by molar-refractivity contribution is -0.118. The van der Waals surface area contributed by atoms with E-state index in [4.69, 9.17) is 0 Å². The molecule has 5 heteroatoms. The molecule has 1 aromatic heterocycles. The molecule has 1 aliphatic carbocycles. The van der Waals surface area contributed by atoms with Crippen LogP contribution in [0.2, 0.25) is 0 Å². The number of carbonyl (C=O) groups excluding carboxylic acids is 1. The molecule has 1 unspecified atom stereocenters. The average molecular weight is 363 g/mol. The monoisotopic (exact) mass is 363 g/mol. The number of carbonyl (C=O) groups is 1. The molecule has 0 saturated heterocycles. The summed E-state index contributed by atoms with van der Waals surface area (Å²) in [5.74, 6) is 1.05. The lowest BCUT2D eigenvalue weighted by Crippen LogP contribution is -2.43. The number of Topliss-reactive ketones (excluding diaryl/α,β-unsaturated/α-hetero) is 1. The number of thiazole rings is 1. The Morgan fingerprint density at radius 2 is 2.15 bits per heavy atom. The summed E-state index contributed by atoms with van der Waals surface area (Å²) in [5, 5.41) is 12.8. The highest BCUT2D eigenvalue weighted by Crippen LogP contribution is 2.55. The van der Waals surface area contributed by atoms with E-state index in [0.717, 1.165) is 40.4 Å². The number of aromatic nitrogens is 1. The molecular formula is C21H21N3OS. The Hall–Kier alpha value is -2.45. The van der Waals surface area contributed by atoms with Crippen LogP contribution < -0.4 is 5.32 Å². The maximum Gasteiger partial charge on any atom is 0.162 e. The summed E-state index contributed by atoms with van der Waals surface area (Å²) < 4.78 is 0. The number of nitrogens with one attached hydrogen (secondary N) is 1. The van der Waals surface area contributed by atoms with Gasteiger partial charge in [0.05, 0.1) is 27.4 Å². The third-order valence-corrected chi connectivity index (χ3v) is 6.53. The number of rotatable bonds is 2. The molecule has 0 bridgehead atoms. The maximum atomic E-state index is 13.3. The van der Waals surface area contributed by atoms with Gasteiger partial charge in [-0.15, -0.1) is 11.3 Å². The predicted molar refractivity (Wildman–Crippen MR) is 103 cm³/mol. The molecule has 1 aliphatic heterocycles. The molecule has 0 spiro atoms. The minimum absolute atomic E-state index is 0.0651. The van der Waals surface area contributed by atoms with E-state index in [9.17, 15) is 10.1 Å². The van der Waals surface area contributed by atoms with Crippen LogP contribution in [0.25, 0.3) is 0 Å². The van der Waals surface area contributed by atoms with E-state index in [2.05, 4.69) is 37.1 Å². The lowest BCUT2D eigenvalue weighted by Gasteiger charge is -2.44. The second-order valence-electron chi connectivity index (χ2n) is 7.90. The predicted octanol–water partition coefficient (Wildman–Crippen LogP) is 4.78. The molecule has 1 aromatic carbocycles. The molecule has 0 fully saturated rings. The van der Waals surface area contributed by atoms with Crippen molar-refractivity contribution in [2.75, 3.05) is 5.32 Å². The molecule has 0 amide bonds. The molecule has 26 heavy (non-hydrogen) atoms. The van der Waals surface area contributed by atoms with Crippen molar-refractivity contribution in [3.8, 4) is 6.07 Å². The second kappa shape index (κ2) is 5.78. The quantitative estimate of drug-likeness (QED) is 0.834. The number of fused-ring (bicyclic) bond motifs is 1. The Kier molecular flexibility index (Phi) is 3.78. The van der Waals surface area contributed by atoms with Crippen molar-refractivity contribution in [2.45, 2.75) is 45.4 Å². The van der Waals surface area contributed by atoms with Crippen LogP contribution in [0.5, 0.6) is 0 Å². The SMILES string of the molecule is CCC1(c2cccc(C#N)c2)C2=C(CC(C)(C)CC2=O)Nc2ncsc21. The third kappa shape index (κ3) is 2.33. The van der Waals surface area contributed by atoms with Crippen LogP contribution in [0, 0.1) is 16.7 Å². The highest BCUT2D eigenvalue weighted by molar-refractivity contribution is 7.10. The zero-order valence-corrected chi connectivity index (χ0v) is 16.0. The van der Waals surface area contributed by atoms with Gasteiger partial charge in [0.2, 0.25) is 0 Å². The van der Waals surface area contributed by atoms with E-state index < -0.39 is 5.41 Å². The highest BCUT2D eigenvalue weighted by Gasteiger charge is 2.50. The Bertz CT molecular complexity index is 979.